The maximum atomic E-state index is 14.2. The summed E-state index contributed by atoms with van der Waals surface area (Å²) >= 11 is 1.19. The van der Waals surface area contributed by atoms with E-state index in [9.17, 15) is 13.2 Å². The molecule has 0 saturated carbocycles. The predicted octanol–water partition coefficient (Wildman–Crippen LogP) is 7.06. The topological polar surface area (TPSA) is 43.6 Å². The molecule has 8 heteroatoms. The average Bonchev–Trinajstić information content (AvgIpc) is 3.29. The molecule has 0 N–H and O–H groups in total. The molecule has 0 radical (unpaired) electrons. The molecule has 0 aliphatic rings. The van der Waals surface area contributed by atoms with Crippen molar-refractivity contribution in [2.45, 2.75) is 17.5 Å². The summed E-state index contributed by atoms with van der Waals surface area (Å²) < 4.78 is 43.0. The van der Waals surface area contributed by atoms with Gasteiger partial charge in [-0.3, -0.25) is 4.57 Å². The maximum Gasteiger partial charge on any atom is 0.194 e. The van der Waals surface area contributed by atoms with E-state index in [1.165, 1.54) is 17.8 Å². The number of benzene rings is 3. The van der Waals surface area contributed by atoms with E-state index in [1.807, 2.05) is 65.2 Å². The zero-order valence-electron chi connectivity index (χ0n) is 18.5. The van der Waals surface area contributed by atoms with Gasteiger partial charge in [0, 0.05) is 34.4 Å². The third kappa shape index (κ3) is 4.44. The lowest BCUT2D eigenvalue weighted by Crippen LogP contribution is -2.02. The standard InChI is InChI=1S/C27H19F3N4S/c1-2-14-34-26(32-33-27(34)35-16-18-12-13-21(28)25(30)24(18)29)20-15-23(17-8-4-3-5-9-17)31-22-11-7-6-10-19(20)22/h2-13,15H,1,14,16H2. The Morgan fingerprint density at radius 3 is 2.46 bits per heavy atom. The smallest absolute Gasteiger partial charge is 0.194 e. The highest BCUT2D eigenvalue weighted by molar-refractivity contribution is 7.98. The van der Waals surface area contributed by atoms with Gasteiger partial charge in [-0.1, -0.05) is 72.4 Å². The number of rotatable bonds is 7. The summed E-state index contributed by atoms with van der Waals surface area (Å²) in [5.74, 6) is -3.22. The first kappa shape index (κ1) is 22.9. The number of para-hydroxylation sites is 1. The molecule has 35 heavy (non-hydrogen) atoms. The van der Waals surface area contributed by atoms with Gasteiger partial charge in [0.2, 0.25) is 0 Å². The van der Waals surface area contributed by atoms with Crippen LogP contribution in [0.25, 0.3) is 33.5 Å². The molecule has 3 aromatic carbocycles. The summed E-state index contributed by atoms with van der Waals surface area (Å²) in [6, 6.07) is 21.8. The van der Waals surface area contributed by atoms with Crippen LogP contribution in [-0.4, -0.2) is 19.7 Å². The minimum atomic E-state index is -1.48. The van der Waals surface area contributed by atoms with Crippen LogP contribution in [0.5, 0.6) is 0 Å². The van der Waals surface area contributed by atoms with Crippen molar-refractivity contribution < 1.29 is 13.2 Å². The minimum Gasteiger partial charge on any atom is -0.298 e. The summed E-state index contributed by atoms with van der Waals surface area (Å²) in [7, 11) is 0. The molecule has 2 heterocycles. The molecular formula is C27H19F3N4S. The molecule has 0 unspecified atom stereocenters. The van der Waals surface area contributed by atoms with Crippen LogP contribution in [0.1, 0.15) is 5.56 Å². The second-order valence-corrected chi connectivity index (χ2v) is 8.71. The van der Waals surface area contributed by atoms with E-state index >= 15 is 0 Å². The van der Waals surface area contributed by atoms with Crippen molar-refractivity contribution in [2.75, 3.05) is 0 Å². The van der Waals surface area contributed by atoms with Crippen molar-refractivity contribution in [3.63, 3.8) is 0 Å². The van der Waals surface area contributed by atoms with Crippen molar-refractivity contribution in [1.82, 2.24) is 19.7 Å². The van der Waals surface area contributed by atoms with Gasteiger partial charge in [-0.25, -0.2) is 18.2 Å². The molecule has 2 aromatic heterocycles. The Morgan fingerprint density at radius 2 is 1.66 bits per heavy atom. The summed E-state index contributed by atoms with van der Waals surface area (Å²) in [6.45, 7) is 4.25. The van der Waals surface area contributed by atoms with Crippen LogP contribution in [0.15, 0.2) is 90.6 Å². The number of allylic oxidation sites excluding steroid dienone is 1. The number of nitrogens with zero attached hydrogens (tertiary/aromatic N) is 4. The Bertz CT molecular complexity index is 1530. The van der Waals surface area contributed by atoms with Gasteiger partial charge in [0.1, 0.15) is 0 Å². The second kappa shape index (κ2) is 9.76. The van der Waals surface area contributed by atoms with E-state index in [2.05, 4.69) is 16.8 Å². The zero-order valence-corrected chi connectivity index (χ0v) is 19.3. The van der Waals surface area contributed by atoms with Crippen molar-refractivity contribution >= 4 is 22.7 Å². The van der Waals surface area contributed by atoms with Crippen LogP contribution in [-0.2, 0) is 12.3 Å². The molecule has 5 aromatic rings. The van der Waals surface area contributed by atoms with Gasteiger partial charge in [0.05, 0.1) is 11.2 Å². The molecule has 0 fully saturated rings. The molecular weight excluding hydrogens is 469 g/mol. The van der Waals surface area contributed by atoms with E-state index in [-0.39, 0.29) is 11.3 Å². The summed E-state index contributed by atoms with van der Waals surface area (Å²) in [4.78, 5) is 4.82. The molecule has 174 valence electrons. The largest absolute Gasteiger partial charge is 0.298 e. The lowest BCUT2D eigenvalue weighted by molar-refractivity contribution is 0.443. The molecule has 5 rings (SSSR count). The number of aromatic nitrogens is 4. The van der Waals surface area contributed by atoms with E-state index in [0.29, 0.717) is 17.5 Å². The fourth-order valence-electron chi connectivity index (χ4n) is 3.83. The average molecular weight is 489 g/mol. The lowest BCUT2D eigenvalue weighted by Gasteiger charge is -2.12. The van der Waals surface area contributed by atoms with Crippen molar-refractivity contribution in [1.29, 1.82) is 0 Å². The number of hydrogen-bond donors (Lipinski definition) is 0. The van der Waals surface area contributed by atoms with Crippen LogP contribution in [0, 0.1) is 17.5 Å². The second-order valence-electron chi connectivity index (χ2n) is 7.77. The number of thioether (sulfide) groups is 1. The van der Waals surface area contributed by atoms with Crippen molar-refractivity contribution in [3.8, 4) is 22.6 Å². The zero-order chi connectivity index (χ0) is 24.4. The van der Waals surface area contributed by atoms with Crippen LogP contribution < -0.4 is 0 Å². The van der Waals surface area contributed by atoms with Gasteiger partial charge in [-0.15, -0.1) is 16.8 Å². The van der Waals surface area contributed by atoms with Gasteiger partial charge in [0.25, 0.3) is 0 Å². The molecule has 4 nitrogen and oxygen atoms in total. The predicted molar refractivity (Wildman–Crippen MR) is 132 cm³/mol. The molecule has 0 aliphatic carbocycles. The molecule has 0 atom stereocenters. The molecule has 0 spiro atoms. The summed E-state index contributed by atoms with van der Waals surface area (Å²) in [6.07, 6.45) is 1.72. The van der Waals surface area contributed by atoms with Gasteiger partial charge in [0.15, 0.2) is 28.4 Å². The molecule has 0 bridgehead atoms. The van der Waals surface area contributed by atoms with Crippen molar-refractivity contribution in [3.05, 3.63) is 108 Å². The van der Waals surface area contributed by atoms with E-state index in [0.717, 1.165) is 33.8 Å². The first-order valence-electron chi connectivity index (χ1n) is 10.8. The third-order valence-electron chi connectivity index (χ3n) is 5.53. The minimum absolute atomic E-state index is 0.0457. The van der Waals surface area contributed by atoms with Crippen LogP contribution in [0.4, 0.5) is 13.2 Å². The van der Waals surface area contributed by atoms with Gasteiger partial charge in [-0.2, -0.15) is 0 Å². The highest BCUT2D eigenvalue weighted by atomic mass is 32.2. The fraction of sp³-hybridized carbons (Fsp3) is 0.0741. The van der Waals surface area contributed by atoms with Gasteiger partial charge < -0.3 is 0 Å². The normalized spacial score (nSPS) is 11.2. The fourth-order valence-corrected chi connectivity index (χ4v) is 4.75. The van der Waals surface area contributed by atoms with Gasteiger partial charge in [-0.05, 0) is 18.2 Å². The Hall–Kier alpha value is -3.91. The maximum absolute atomic E-state index is 14.2. The number of hydrogen-bond acceptors (Lipinski definition) is 4. The Morgan fingerprint density at radius 1 is 0.886 bits per heavy atom. The first-order chi connectivity index (χ1) is 17.1. The Kier molecular flexibility index (Phi) is 6.37. The monoisotopic (exact) mass is 488 g/mol. The molecule has 0 saturated heterocycles. The number of halogens is 3. The van der Waals surface area contributed by atoms with E-state index in [1.54, 1.807) is 6.08 Å². The third-order valence-corrected chi connectivity index (χ3v) is 6.54. The van der Waals surface area contributed by atoms with E-state index in [4.69, 9.17) is 4.98 Å². The summed E-state index contributed by atoms with van der Waals surface area (Å²) in [5.41, 5.74) is 3.47. The quantitative estimate of drug-likeness (QED) is 0.140. The van der Waals surface area contributed by atoms with Crippen molar-refractivity contribution in [2.24, 2.45) is 0 Å². The first-order valence-corrected chi connectivity index (χ1v) is 11.8. The van der Waals surface area contributed by atoms with Crippen LogP contribution >= 0.6 is 11.8 Å². The van der Waals surface area contributed by atoms with Crippen LogP contribution in [0.3, 0.4) is 0 Å². The number of fused-ring (bicyclic) bond motifs is 1. The van der Waals surface area contributed by atoms with E-state index < -0.39 is 17.5 Å². The van der Waals surface area contributed by atoms with Gasteiger partial charge >= 0.3 is 0 Å². The lowest BCUT2D eigenvalue weighted by atomic mass is 10.0. The highest BCUT2D eigenvalue weighted by Gasteiger charge is 2.19. The highest BCUT2D eigenvalue weighted by Crippen LogP contribution is 2.34. The number of pyridine rings is 1. The SMILES string of the molecule is C=CCn1c(SCc2ccc(F)c(F)c2F)nnc1-c1cc(-c2ccccc2)nc2ccccc12. The Balaban J connectivity index is 1.58. The molecule has 0 aliphatic heterocycles. The summed E-state index contributed by atoms with van der Waals surface area (Å²) in [5, 5.41) is 10.2. The Labute approximate surface area is 204 Å². The van der Waals surface area contributed by atoms with Crippen LogP contribution in [0.2, 0.25) is 0 Å². The molecule has 0 amide bonds.